The average molecular weight is 247 g/mol. The number of nitrogens with one attached hydrogen (secondary N) is 1. The Labute approximate surface area is 104 Å². The van der Waals surface area contributed by atoms with Crippen LogP contribution in [0.25, 0.3) is 11.5 Å². The number of aromatic amines is 1. The van der Waals surface area contributed by atoms with Crippen molar-refractivity contribution >= 4 is 0 Å². The van der Waals surface area contributed by atoms with E-state index < -0.39 is 5.82 Å². The normalized spacial score (nSPS) is 10.9. The van der Waals surface area contributed by atoms with Gasteiger partial charge in [-0.05, 0) is 24.5 Å². The minimum atomic E-state index is -0.417. The molecule has 2 rings (SSSR count). The first-order valence-electron chi connectivity index (χ1n) is 5.77. The fraction of sp³-hybridized carbons (Fsp3) is 0.308. The lowest BCUT2D eigenvalue weighted by Gasteiger charge is -2.05. The quantitative estimate of drug-likeness (QED) is 0.904. The van der Waals surface area contributed by atoms with E-state index in [0.717, 1.165) is 18.3 Å². The van der Waals surface area contributed by atoms with E-state index >= 15 is 0 Å². The van der Waals surface area contributed by atoms with Crippen molar-refractivity contribution in [2.75, 3.05) is 0 Å². The number of halogens is 1. The average Bonchev–Trinajstić information content (AvgIpc) is 2.28. The minimum absolute atomic E-state index is 0.221. The maximum absolute atomic E-state index is 12.8. The molecule has 1 N–H and O–H groups in total. The van der Waals surface area contributed by atoms with Gasteiger partial charge >= 0.3 is 0 Å². The third-order valence-corrected chi connectivity index (χ3v) is 2.38. The molecule has 94 valence electrons. The van der Waals surface area contributed by atoms with Gasteiger partial charge in [0.15, 0.2) is 5.82 Å². The lowest BCUT2D eigenvalue weighted by Crippen LogP contribution is -2.12. The van der Waals surface area contributed by atoms with Crippen LogP contribution in [0.2, 0.25) is 0 Å². The lowest BCUT2D eigenvalue weighted by molar-refractivity contribution is 0.621. The maximum Gasteiger partial charge on any atom is 0.251 e. The molecule has 0 unspecified atom stereocenters. The molecular weight excluding hydrogens is 233 g/mol. The second-order valence-electron chi connectivity index (χ2n) is 4.54. The zero-order valence-electron chi connectivity index (χ0n) is 10.3. The SMILES string of the molecule is CC(C)Cc1cc(=O)[nH]c(-c2ccc(F)cn2)n1. The fourth-order valence-corrected chi connectivity index (χ4v) is 1.67. The van der Waals surface area contributed by atoms with Crippen LogP contribution in [0.15, 0.2) is 29.2 Å². The molecule has 0 aliphatic heterocycles. The predicted octanol–water partition coefficient (Wildman–Crippen LogP) is 2.17. The molecule has 2 aromatic rings. The first-order valence-corrected chi connectivity index (χ1v) is 5.77. The van der Waals surface area contributed by atoms with Crippen molar-refractivity contribution in [2.24, 2.45) is 5.92 Å². The second-order valence-corrected chi connectivity index (χ2v) is 4.54. The van der Waals surface area contributed by atoms with Gasteiger partial charge in [0.2, 0.25) is 0 Å². The summed E-state index contributed by atoms with van der Waals surface area (Å²) >= 11 is 0. The molecule has 0 amide bonds. The number of H-pyrrole nitrogens is 1. The van der Waals surface area contributed by atoms with Gasteiger partial charge < -0.3 is 4.98 Å². The topological polar surface area (TPSA) is 58.6 Å². The van der Waals surface area contributed by atoms with Crippen LogP contribution in [0.3, 0.4) is 0 Å². The molecule has 0 saturated carbocycles. The number of rotatable bonds is 3. The van der Waals surface area contributed by atoms with Gasteiger partial charge in [-0.1, -0.05) is 13.8 Å². The summed E-state index contributed by atoms with van der Waals surface area (Å²) in [6.07, 6.45) is 1.82. The van der Waals surface area contributed by atoms with Gasteiger partial charge in [0, 0.05) is 11.8 Å². The molecule has 0 bridgehead atoms. The smallest absolute Gasteiger partial charge is 0.251 e. The monoisotopic (exact) mass is 247 g/mol. The molecule has 0 aliphatic rings. The highest BCUT2D eigenvalue weighted by Crippen LogP contribution is 2.12. The van der Waals surface area contributed by atoms with E-state index in [9.17, 15) is 9.18 Å². The summed E-state index contributed by atoms with van der Waals surface area (Å²) in [5, 5.41) is 0. The molecule has 5 heteroatoms. The van der Waals surface area contributed by atoms with E-state index in [1.165, 1.54) is 18.2 Å². The van der Waals surface area contributed by atoms with E-state index in [4.69, 9.17) is 0 Å². The maximum atomic E-state index is 12.8. The van der Waals surface area contributed by atoms with Gasteiger partial charge in [0.05, 0.1) is 6.20 Å². The summed E-state index contributed by atoms with van der Waals surface area (Å²) in [6.45, 7) is 4.11. The number of nitrogens with zero attached hydrogens (tertiary/aromatic N) is 2. The Morgan fingerprint density at radius 1 is 1.39 bits per heavy atom. The van der Waals surface area contributed by atoms with Crippen LogP contribution in [0.1, 0.15) is 19.5 Å². The molecule has 2 heterocycles. The Morgan fingerprint density at radius 2 is 2.17 bits per heavy atom. The molecule has 0 radical (unpaired) electrons. The van der Waals surface area contributed by atoms with Gasteiger partial charge in [-0.15, -0.1) is 0 Å². The number of aromatic nitrogens is 3. The molecule has 0 saturated heterocycles. The summed E-state index contributed by atoms with van der Waals surface area (Å²) in [4.78, 5) is 22.4. The van der Waals surface area contributed by atoms with E-state index in [0.29, 0.717) is 17.4 Å². The molecule has 0 fully saturated rings. The first kappa shape index (κ1) is 12.4. The number of pyridine rings is 1. The number of hydrogen-bond acceptors (Lipinski definition) is 3. The van der Waals surface area contributed by atoms with Gasteiger partial charge in [-0.3, -0.25) is 4.79 Å². The summed E-state index contributed by atoms with van der Waals surface area (Å²) in [5.74, 6) is 0.367. The van der Waals surface area contributed by atoms with Crippen molar-refractivity contribution in [3.05, 3.63) is 46.3 Å². The molecular formula is C13H14FN3O. The van der Waals surface area contributed by atoms with Gasteiger partial charge in [-0.2, -0.15) is 0 Å². The predicted molar refractivity (Wildman–Crippen MR) is 66.6 cm³/mol. The van der Waals surface area contributed by atoms with E-state index in [2.05, 4.69) is 28.8 Å². The van der Waals surface area contributed by atoms with Crippen LogP contribution in [0, 0.1) is 11.7 Å². The summed E-state index contributed by atoms with van der Waals surface area (Å²) in [7, 11) is 0. The van der Waals surface area contributed by atoms with E-state index in [1.807, 2.05) is 0 Å². The van der Waals surface area contributed by atoms with Gasteiger partial charge in [-0.25, -0.2) is 14.4 Å². The van der Waals surface area contributed by atoms with Crippen LogP contribution >= 0.6 is 0 Å². The zero-order chi connectivity index (χ0) is 13.1. The molecule has 0 aliphatic carbocycles. The third-order valence-electron chi connectivity index (χ3n) is 2.38. The largest absolute Gasteiger partial charge is 0.305 e. The number of hydrogen-bond donors (Lipinski definition) is 1. The van der Waals surface area contributed by atoms with Crippen molar-refractivity contribution in [1.82, 2.24) is 15.0 Å². The minimum Gasteiger partial charge on any atom is -0.305 e. The Balaban J connectivity index is 2.41. The van der Waals surface area contributed by atoms with Crippen molar-refractivity contribution in [2.45, 2.75) is 20.3 Å². The third kappa shape index (κ3) is 3.00. The van der Waals surface area contributed by atoms with Crippen molar-refractivity contribution in [3.8, 4) is 11.5 Å². The van der Waals surface area contributed by atoms with Crippen LogP contribution in [0.5, 0.6) is 0 Å². The fourth-order valence-electron chi connectivity index (χ4n) is 1.67. The summed E-state index contributed by atoms with van der Waals surface area (Å²) in [6, 6.07) is 4.26. The summed E-state index contributed by atoms with van der Waals surface area (Å²) in [5.41, 5.74) is 0.954. The van der Waals surface area contributed by atoms with Gasteiger partial charge in [0.1, 0.15) is 11.5 Å². The van der Waals surface area contributed by atoms with Crippen LogP contribution in [0.4, 0.5) is 4.39 Å². The Kier molecular flexibility index (Phi) is 3.50. The Hall–Kier alpha value is -2.04. The van der Waals surface area contributed by atoms with Gasteiger partial charge in [0.25, 0.3) is 5.56 Å². The first-order chi connectivity index (χ1) is 8.54. The standard InChI is InChI=1S/C13H14FN3O/c1-8(2)5-10-6-12(18)17-13(16-10)11-4-3-9(14)7-15-11/h3-4,6-8H,5H2,1-2H3,(H,16,17,18). The molecule has 0 aromatic carbocycles. The molecule has 0 spiro atoms. The zero-order valence-corrected chi connectivity index (χ0v) is 10.3. The Bertz CT molecular complexity index is 590. The highest BCUT2D eigenvalue weighted by atomic mass is 19.1. The Morgan fingerprint density at radius 3 is 2.78 bits per heavy atom. The molecule has 0 atom stereocenters. The summed E-state index contributed by atoms with van der Waals surface area (Å²) < 4.78 is 12.8. The van der Waals surface area contributed by atoms with Crippen molar-refractivity contribution in [3.63, 3.8) is 0 Å². The molecule has 4 nitrogen and oxygen atoms in total. The molecule has 2 aromatic heterocycles. The van der Waals surface area contributed by atoms with Crippen LogP contribution < -0.4 is 5.56 Å². The highest BCUT2D eigenvalue weighted by Gasteiger charge is 2.07. The van der Waals surface area contributed by atoms with E-state index in [1.54, 1.807) is 0 Å². The van der Waals surface area contributed by atoms with Crippen LogP contribution in [-0.4, -0.2) is 15.0 Å². The van der Waals surface area contributed by atoms with Crippen molar-refractivity contribution < 1.29 is 4.39 Å². The van der Waals surface area contributed by atoms with Crippen LogP contribution in [-0.2, 0) is 6.42 Å². The highest BCUT2D eigenvalue weighted by molar-refractivity contribution is 5.48. The van der Waals surface area contributed by atoms with E-state index in [-0.39, 0.29) is 5.56 Å². The lowest BCUT2D eigenvalue weighted by atomic mass is 10.1. The second kappa shape index (κ2) is 5.08. The molecule has 18 heavy (non-hydrogen) atoms. The van der Waals surface area contributed by atoms with Crippen molar-refractivity contribution in [1.29, 1.82) is 0 Å².